The van der Waals surface area contributed by atoms with Crippen molar-refractivity contribution < 1.29 is 19.8 Å². The van der Waals surface area contributed by atoms with Crippen molar-refractivity contribution in [2.75, 3.05) is 0 Å². The van der Waals surface area contributed by atoms with Crippen molar-refractivity contribution in [3.05, 3.63) is 29.8 Å². The number of nitrogens with one attached hydrogen (secondary N) is 1. The van der Waals surface area contributed by atoms with Crippen LogP contribution in [0.5, 0.6) is 5.75 Å². The normalized spacial score (nSPS) is 13.4. The molecule has 1 unspecified atom stereocenters. The van der Waals surface area contributed by atoms with Crippen molar-refractivity contribution in [1.29, 1.82) is 0 Å². The number of benzene rings is 1. The molecular weight excluding hydrogens is 272 g/mol. The predicted molar refractivity (Wildman–Crippen MR) is 78.9 cm³/mol. The van der Waals surface area contributed by atoms with Gasteiger partial charge in [0.25, 0.3) is 0 Å². The second-order valence-corrected chi connectivity index (χ2v) is 5.07. The van der Waals surface area contributed by atoms with Crippen molar-refractivity contribution in [1.82, 2.24) is 5.32 Å². The van der Waals surface area contributed by atoms with E-state index in [4.69, 9.17) is 10.8 Å². The van der Waals surface area contributed by atoms with Gasteiger partial charge in [0.2, 0.25) is 5.91 Å². The number of carboxylic acids is 1. The van der Waals surface area contributed by atoms with Crippen molar-refractivity contribution in [2.45, 2.75) is 44.7 Å². The summed E-state index contributed by atoms with van der Waals surface area (Å²) in [6, 6.07) is 5.31. The standard InChI is InChI=1S/C15H22N2O4/c1-2-3-11(9-14(19)20)17-15(21)13(16)8-10-4-6-12(18)7-5-10/h4-7,11,13,18H,2-3,8-9,16H2,1H3,(H,17,21)(H,19,20)/t11?,13-/m0/s1. The molecule has 21 heavy (non-hydrogen) atoms. The molecule has 2 atom stereocenters. The molecule has 5 N–H and O–H groups in total. The van der Waals surface area contributed by atoms with Gasteiger partial charge in [-0.05, 0) is 30.5 Å². The Balaban J connectivity index is 2.55. The molecule has 1 amide bonds. The molecule has 1 rings (SSSR count). The number of aromatic hydroxyl groups is 1. The minimum absolute atomic E-state index is 0.106. The number of hydrogen-bond acceptors (Lipinski definition) is 4. The lowest BCUT2D eigenvalue weighted by molar-refractivity contribution is -0.137. The van der Waals surface area contributed by atoms with Crippen LogP contribution in [0.1, 0.15) is 31.7 Å². The van der Waals surface area contributed by atoms with Crippen LogP contribution in [0.4, 0.5) is 0 Å². The van der Waals surface area contributed by atoms with E-state index in [2.05, 4.69) is 5.32 Å². The molecule has 1 aromatic rings. The third kappa shape index (κ3) is 6.27. The molecular formula is C15H22N2O4. The molecule has 0 aromatic heterocycles. The molecule has 0 aliphatic rings. The molecule has 0 saturated heterocycles. The van der Waals surface area contributed by atoms with Gasteiger partial charge in [-0.15, -0.1) is 0 Å². The van der Waals surface area contributed by atoms with Gasteiger partial charge in [0, 0.05) is 6.04 Å². The van der Waals surface area contributed by atoms with Gasteiger partial charge in [-0.25, -0.2) is 0 Å². The number of aliphatic carboxylic acids is 1. The zero-order valence-electron chi connectivity index (χ0n) is 12.1. The minimum atomic E-state index is -0.944. The summed E-state index contributed by atoms with van der Waals surface area (Å²) in [5, 5.41) is 20.7. The summed E-state index contributed by atoms with van der Waals surface area (Å²) >= 11 is 0. The van der Waals surface area contributed by atoms with E-state index in [0.717, 1.165) is 12.0 Å². The molecule has 0 saturated carbocycles. The van der Waals surface area contributed by atoms with Gasteiger partial charge >= 0.3 is 5.97 Å². The van der Waals surface area contributed by atoms with Crippen LogP contribution in [0, 0.1) is 0 Å². The van der Waals surface area contributed by atoms with E-state index in [1.54, 1.807) is 12.1 Å². The average molecular weight is 294 g/mol. The number of hydrogen-bond donors (Lipinski definition) is 4. The van der Waals surface area contributed by atoms with Gasteiger partial charge in [0.15, 0.2) is 0 Å². The van der Waals surface area contributed by atoms with Crippen molar-refractivity contribution >= 4 is 11.9 Å². The molecule has 0 aliphatic heterocycles. The van der Waals surface area contributed by atoms with Crippen LogP contribution in [0.25, 0.3) is 0 Å². The first-order valence-electron chi connectivity index (χ1n) is 6.98. The first-order chi connectivity index (χ1) is 9.92. The van der Waals surface area contributed by atoms with Crippen molar-refractivity contribution in [2.24, 2.45) is 5.73 Å². The smallest absolute Gasteiger partial charge is 0.305 e. The fraction of sp³-hybridized carbons (Fsp3) is 0.467. The second-order valence-electron chi connectivity index (χ2n) is 5.07. The lowest BCUT2D eigenvalue weighted by atomic mass is 10.0. The number of phenolic OH excluding ortho intramolecular Hbond substituents is 1. The number of phenols is 1. The number of carbonyl (C=O) groups is 2. The summed E-state index contributed by atoms with van der Waals surface area (Å²) in [5.74, 6) is -1.15. The Bertz CT molecular complexity index is 473. The third-order valence-electron chi connectivity index (χ3n) is 3.13. The van der Waals surface area contributed by atoms with Gasteiger partial charge < -0.3 is 21.3 Å². The molecule has 0 bridgehead atoms. The summed E-state index contributed by atoms with van der Waals surface area (Å²) in [7, 11) is 0. The van der Waals surface area contributed by atoms with E-state index in [0.29, 0.717) is 12.8 Å². The molecule has 6 heteroatoms. The zero-order chi connectivity index (χ0) is 15.8. The minimum Gasteiger partial charge on any atom is -0.508 e. The van der Waals surface area contributed by atoms with E-state index in [1.165, 1.54) is 12.1 Å². The van der Waals surface area contributed by atoms with Crippen LogP contribution in [-0.4, -0.2) is 34.2 Å². The van der Waals surface area contributed by atoms with Crippen molar-refractivity contribution in [3.8, 4) is 5.75 Å². The molecule has 0 heterocycles. The summed E-state index contributed by atoms with van der Waals surface area (Å²) in [6.45, 7) is 1.93. The molecule has 0 spiro atoms. The summed E-state index contributed by atoms with van der Waals surface area (Å²) in [6.07, 6.45) is 1.61. The third-order valence-corrected chi connectivity index (χ3v) is 3.13. The van der Waals surface area contributed by atoms with Crippen LogP contribution in [-0.2, 0) is 16.0 Å². The fourth-order valence-electron chi connectivity index (χ4n) is 2.07. The molecule has 0 radical (unpaired) electrons. The highest BCUT2D eigenvalue weighted by Crippen LogP contribution is 2.11. The number of nitrogens with two attached hydrogens (primary N) is 1. The Morgan fingerprint density at radius 3 is 2.43 bits per heavy atom. The maximum absolute atomic E-state index is 12.0. The lowest BCUT2D eigenvalue weighted by Crippen LogP contribution is -2.47. The summed E-state index contributed by atoms with van der Waals surface area (Å²) < 4.78 is 0. The van der Waals surface area contributed by atoms with E-state index in [-0.39, 0.29) is 18.1 Å². The first-order valence-corrected chi connectivity index (χ1v) is 6.98. The Labute approximate surface area is 124 Å². The SMILES string of the molecule is CCCC(CC(=O)O)NC(=O)[C@@H](N)Cc1ccc(O)cc1. The average Bonchev–Trinajstić information content (AvgIpc) is 2.40. The highest BCUT2D eigenvalue weighted by atomic mass is 16.4. The van der Waals surface area contributed by atoms with E-state index in [1.807, 2.05) is 6.92 Å². The van der Waals surface area contributed by atoms with Crippen LogP contribution >= 0.6 is 0 Å². The molecule has 0 aliphatic carbocycles. The van der Waals surface area contributed by atoms with Gasteiger partial charge in [-0.3, -0.25) is 9.59 Å². The fourth-order valence-corrected chi connectivity index (χ4v) is 2.07. The molecule has 0 fully saturated rings. The predicted octanol–water partition coefficient (Wildman–Crippen LogP) is 1.02. The van der Waals surface area contributed by atoms with Gasteiger partial charge in [0.1, 0.15) is 5.75 Å². The van der Waals surface area contributed by atoms with Crippen LogP contribution < -0.4 is 11.1 Å². The largest absolute Gasteiger partial charge is 0.508 e. The Kier molecular flexibility index (Phi) is 6.68. The summed E-state index contributed by atoms with van der Waals surface area (Å²) in [5.41, 5.74) is 6.67. The number of carbonyl (C=O) groups excluding carboxylic acids is 1. The number of amides is 1. The first kappa shape index (κ1) is 17.0. The quantitative estimate of drug-likeness (QED) is 0.572. The van der Waals surface area contributed by atoms with Gasteiger partial charge in [-0.1, -0.05) is 25.5 Å². The summed E-state index contributed by atoms with van der Waals surface area (Å²) in [4.78, 5) is 22.8. The van der Waals surface area contributed by atoms with E-state index in [9.17, 15) is 14.7 Å². The topological polar surface area (TPSA) is 113 Å². The Hall–Kier alpha value is -2.08. The molecule has 116 valence electrons. The molecule has 6 nitrogen and oxygen atoms in total. The number of carboxylic acid groups (broad SMARTS) is 1. The highest BCUT2D eigenvalue weighted by molar-refractivity contribution is 5.82. The molecule has 1 aromatic carbocycles. The second kappa shape index (κ2) is 8.26. The van der Waals surface area contributed by atoms with Gasteiger partial charge in [0.05, 0.1) is 12.5 Å². The monoisotopic (exact) mass is 294 g/mol. The maximum Gasteiger partial charge on any atom is 0.305 e. The van der Waals surface area contributed by atoms with E-state index < -0.39 is 18.1 Å². The van der Waals surface area contributed by atoms with Crippen molar-refractivity contribution in [3.63, 3.8) is 0 Å². The Morgan fingerprint density at radius 2 is 1.90 bits per heavy atom. The van der Waals surface area contributed by atoms with Crippen LogP contribution in [0.3, 0.4) is 0 Å². The highest BCUT2D eigenvalue weighted by Gasteiger charge is 2.19. The lowest BCUT2D eigenvalue weighted by Gasteiger charge is -2.19. The number of rotatable bonds is 8. The van der Waals surface area contributed by atoms with Crippen LogP contribution in [0.15, 0.2) is 24.3 Å². The van der Waals surface area contributed by atoms with Gasteiger partial charge in [-0.2, -0.15) is 0 Å². The zero-order valence-corrected chi connectivity index (χ0v) is 12.1. The van der Waals surface area contributed by atoms with Crippen LogP contribution in [0.2, 0.25) is 0 Å². The van der Waals surface area contributed by atoms with E-state index >= 15 is 0 Å². The Morgan fingerprint density at radius 1 is 1.29 bits per heavy atom. The maximum atomic E-state index is 12.0.